The number of hydrogen-bond acceptors (Lipinski definition) is 5. The monoisotopic (exact) mass is 547 g/mol. The average molecular weight is 548 g/mol. The van der Waals surface area contributed by atoms with Crippen LogP contribution in [0.1, 0.15) is 100 Å². The van der Waals surface area contributed by atoms with Crippen molar-refractivity contribution < 1.29 is 19.2 Å². The van der Waals surface area contributed by atoms with Gasteiger partial charge >= 0.3 is 0 Å². The van der Waals surface area contributed by atoms with Crippen molar-refractivity contribution in [2.24, 2.45) is 50.2 Å². The van der Waals surface area contributed by atoms with Gasteiger partial charge in [0.2, 0.25) is 11.8 Å². The molecule has 5 aliphatic carbocycles. The van der Waals surface area contributed by atoms with Crippen molar-refractivity contribution >= 4 is 23.4 Å². The Balaban J connectivity index is 1.66. The van der Waals surface area contributed by atoms with Gasteiger partial charge in [-0.25, -0.2) is 0 Å². The number of nitrogens with zero attached hydrogens (tertiary/aromatic N) is 1. The molecule has 3 saturated carbocycles. The molecular weight excluding hydrogens is 502 g/mol. The number of allylic oxidation sites excluding steroid dienone is 4. The highest BCUT2D eigenvalue weighted by Crippen LogP contribution is 2.74. The normalized spacial score (nSPS) is 42.9. The Morgan fingerprint density at radius 2 is 1.60 bits per heavy atom. The molecule has 0 aromatic heterocycles. The lowest BCUT2D eigenvalue weighted by molar-refractivity contribution is -0.179. The smallest absolute Gasteiger partial charge is 0.244 e. The van der Waals surface area contributed by atoms with Gasteiger partial charge in [-0.05, 0) is 79.1 Å². The molecule has 0 saturated heterocycles. The summed E-state index contributed by atoms with van der Waals surface area (Å²) in [5.74, 6) is -1.01. The number of Topliss-reactive ketones (excluding diaryl/α,β-unsaturated/α-hetero) is 1. The first-order valence-electron chi connectivity index (χ1n) is 14.9. The summed E-state index contributed by atoms with van der Waals surface area (Å²) in [6.45, 7) is 16.4. The lowest BCUT2D eigenvalue weighted by Crippen LogP contribution is -2.67. The maximum absolute atomic E-state index is 14.5. The van der Waals surface area contributed by atoms with E-state index in [2.05, 4.69) is 51.5 Å². The van der Waals surface area contributed by atoms with E-state index >= 15 is 0 Å². The third-order valence-corrected chi connectivity index (χ3v) is 12.7. The summed E-state index contributed by atoms with van der Waals surface area (Å²) in [5.41, 5.74) is 3.72. The number of nitrogens with one attached hydrogen (secondary N) is 2. The summed E-state index contributed by atoms with van der Waals surface area (Å²) in [5, 5.41) is 9.90. The molecule has 3 fully saturated rings. The highest BCUT2D eigenvalue weighted by Gasteiger charge is 2.70. The van der Waals surface area contributed by atoms with Crippen LogP contribution in [-0.4, -0.2) is 23.4 Å². The molecule has 0 aliphatic heterocycles. The molecule has 0 spiro atoms. The molecule has 0 heterocycles. The lowest BCUT2D eigenvalue weighted by Gasteiger charge is -2.69. The van der Waals surface area contributed by atoms with Crippen LogP contribution in [0.2, 0.25) is 0 Å². The molecule has 0 unspecified atom stereocenters. The second-order valence-corrected chi connectivity index (χ2v) is 15.5. The van der Waals surface area contributed by atoms with Crippen LogP contribution >= 0.6 is 0 Å². The highest BCUT2D eigenvalue weighted by atomic mass is 16.2. The number of fused-ring (bicyclic) bond motifs is 7. The van der Waals surface area contributed by atoms with Crippen LogP contribution < -0.4 is 10.9 Å². The van der Waals surface area contributed by atoms with Crippen LogP contribution in [0.4, 0.5) is 0 Å². The standard InChI is InChI=1S/C33H45N3O4/c1-19(37)35-36-27(40)33-13-11-28(2,3)17-21(33)25-22(38)15-24-30(6)16-20(18-34)26(39)29(4,5)23(30)9-10-31(24,7)32(25,8)12-14-33/h15-16,21,23,25H,9-14,17H2,1-8H3,(H,35,37)(H,36,40)/t21-,23-,25-,30-,31+,32+,33-/m0/s1. The number of carbonyl (C=O) groups is 4. The van der Waals surface area contributed by atoms with Crippen LogP contribution in [0, 0.1) is 61.6 Å². The Bertz CT molecular complexity index is 1320. The first-order valence-corrected chi connectivity index (χ1v) is 14.9. The first-order chi connectivity index (χ1) is 18.4. The highest BCUT2D eigenvalue weighted by molar-refractivity contribution is 6.04. The molecule has 0 radical (unpaired) electrons. The summed E-state index contributed by atoms with van der Waals surface area (Å²) in [6, 6.07) is 2.16. The topological polar surface area (TPSA) is 116 Å². The Kier molecular flexibility index (Phi) is 6.21. The molecule has 7 heteroatoms. The molecule has 40 heavy (non-hydrogen) atoms. The Labute approximate surface area is 238 Å². The SMILES string of the molecule is CC(=O)NNC(=O)[C@]12CCC(C)(C)C[C@H]1[C@H]1C(=O)C=C3[C@@]4(C)C=C(C#N)C(=O)C(C)(C)[C@@H]4CC[C@@]3(C)[C@]1(C)CC2. The third-order valence-electron chi connectivity index (χ3n) is 12.7. The molecule has 5 rings (SSSR count). The van der Waals surface area contributed by atoms with E-state index in [1.807, 2.05) is 26.0 Å². The van der Waals surface area contributed by atoms with E-state index < -0.39 is 16.2 Å². The fourth-order valence-corrected chi connectivity index (χ4v) is 10.3. The van der Waals surface area contributed by atoms with Gasteiger partial charge in [-0.3, -0.25) is 30.0 Å². The molecule has 7 atom stereocenters. The van der Waals surface area contributed by atoms with Gasteiger partial charge in [0.25, 0.3) is 0 Å². The van der Waals surface area contributed by atoms with E-state index in [1.165, 1.54) is 6.92 Å². The van der Waals surface area contributed by atoms with Crippen LogP contribution in [0.5, 0.6) is 0 Å². The summed E-state index contributed by atoms with van der Waals surface area (Å²) in [7, 11) is 0. The molecule has 5 aliphatic rings. The number of carbonyl (C=O) groups excluding carboxylic acids is 4. The number of hydrazine groups is 1. The van der Waals surface area contributed by atoms with Crippen molar-refractivity contribution in [3.05, 3.63) is 23.3 Å². The minimum absolute atomic E-state index is 0.00315. The van der Waals surface area contributed by atoms with Crippen molar-refractivity contribution in [3.8, 4) is 6.07 Å². The predicted molar refractivity (Wildman–Crippen MR) is 151 cm³/mol. The molecule has 2 amide bonds. The van der Waals surface area contributed by atoms with Gasteiger partial charge in [-0.15, -0.1) is 0 Å². The van der Waals surface area contributed by atoms with Crippen molar-refractivity contribution in [3.63, 3.8) is 0 Å². The fourth-order valence-electron chi connectivity index (χ4n) is 10.3. The van der Waals surface area contributed by atoms with Gasteiger partial charge in [-0.1, -0.05) is 60.1 Å². The zero-order valence-electron chi connectivity index (χ0n) is 25.4. The Hall–Kier alpha value is -2.75. The van der Waals surface area contributed by atoms with Crippen molar-refractivity contribution in [2.75, 3.05) is 0 Å². The van der Waals surface area contributed by atoms with Crippen LogP contribution in [0.25, 0.3) is 0 Å². The maximum Gasteiger partial charge on any atom is 0.244 e. The van der Waals surface area contributed by atoms with Crippen molar-refractivity contribution in [1.29, 1.82) is 5.26 Å². The van der Waals surface area contributed by atoms with Crippen LogP contribution in [-0.2, 0) is 19.2 Å². The number of amides is 2. The van der Waals surface area contributed by atoms with Gasteiger partial charge in [0.15, 0.2) is 11.6 Å². The van der Waals surface area contributed by atoms with E-state index in [4.69, 9.17) is 0 Å². The predicted octanol–water partition coefficient (Wildman–Crippen LogP) is 5.37. The summed E-state index contributed by atoms with van der Waals surface area (Å²) >= 11 is 0. The molecular formula is C33H45N3O4. The van der Waals surface area contributed by atoms with Gasteiger partial charge in [0, 0.05) is 23.7 Å². The van der Waals surface area contributed by atoms with Crippen LogP contribution in [0.15, 0.2) is 23.3 Å². The molecule has 0 bridgehead atoms. The molecule has 0 aromatic rings. The molecule has 216 valence electrons. The van der Waals surface area contributed by atoms with Gasteiger partial charge < -0.3 is 0 Å². The molecule has 7 nitrogen and oxygen atoms in total. The van der Waals surface area contributed by atoms with Crippen molar-refractivity contribution in [2.45, 2.75) is 100 Å². The number of hydrogen-bond donors (Lipinski definition) is 2. The summed E-state index contributed by atoms with van der Waals surface area (Å²) < 4.78 is 0. The average Bonchev–Trinajstić information content (AvgIpc) is 2.86. The van der Waals surface area contributed by atoms with E-state index in [1.54, 1.807) is 0 Å². The lowest BCUT2D eigenvalue weighted by atomic mass is 9.34. The quantitative estimate of drug-likeness (QED) is 0.428. The molecule has 0 aromatic carbocycles. The second-order valence-electron chi connectivity index (χ2n) is 15.5. The third kappa shape index (κ3) is 3.59. The van der Waals surface area contributed by atoms with Gasteiger partial charge in [0.1, 0.15) is 6.07 Å². The second kappa shape index (κ2) is 8.63. The fraction of sp³-hybridized carbons (Fsp3) is 0.727. The Morgan fingerprint density at radius 3 is 2.23 bits per heavy atom. The number of rotatable bonds is 1. The zero-order chi connectivity index (χ0) is 29.7. The van der Waals surface area contributed by atoms with Crippen molar-refractivity contribution in [1.82, 2.24) is 10.9 Å². The minimum Gasteiger partial charge on any atom is -0.295 e. The van der Waals surface area contributed by atoms with E-state index in [0.717, 1.165) is 37.7 Å². The summed E-state index contributed by atoms with van der Waals surface area (Å²) in [6.07, 6.45) is 9.14. The van der Waals surface area contributed by atoms with E-state index in [-0.39, 0.29) is 63.0 Å². The number of nitriles is 1. The first kappa shape index (κ1) is 28.8. The maximum atomic E-state index is 14.5. The van der Waals surface area contributed by atoms with Gasteiger partial charge in [0.05, 0.1) is 11.0 Å². The zero-order valence-corrected chi connectivity index (χ0v) is 25.4. The minimum atomic E-state index is -0.715. The van der Waals surface area contributed by atoms with E-state index in [0.29, 0.717) is 12.8 Å². The number of ketones is 2. The van der Waals surface area contributed by atoms with Gasteiger partial charge in [-0.2, -0.15) is 5.26 Å². The van der Waals surface area contributed by atoms with Crippen LogP contribution in [0.3, 0.4) is 0 Å². The van der Waals surface area contributed by atoms with E-state index in [9.17, 15) is 24.4 Å². The molecule has 2 N–H and O–H groups in total. The summed E-state index contributed by atoms with van der Waals surface area (Å²) in [4.78, 5) is 53.2. The Morgan fingerprint density at radius 1 is 0.950 bits per heavy atom. The largest absolute Gasteiger partial charge is 0.295 e.